The monoisotopic (exact) mass is 509 g/mol. The predicted octanol–water partition coefficient (Wildman–Crippen LogP) is 5.72. The van der Waals surface area contributed by atoms with Gasteiger partial charge in [0.2, 0.25) is 11.9 Å². The molecule has 8 nitrogen and oxygen atoms in total. The molecule has 1 aromatic heterocycles. The molecular weight excluding hydrogens is 478 g/mol. The van der Waals surface area contributed by atoms with Crippen molar-refractivity contribution in [2.45, 2.75) is 32.4 Å². The molecule has 1 amide bonds. The molecule has 1 fully saturated rings. The lowest BCUT2D eigenvalue weighted by atomic mass is 10.1. The van der Waals surface area contributed by atoms with E-state index in [-0.39, 0.29) is 17.8 Å². The van der Waals surface area contributed by atoms with Gasteiger partial charge in [0.05, 0.1) is 24.7 Å². The molecule has 0 saturated carbocycles. The van der Waals surface area contributed by atoms with Crippen LogP contribution >= 0.6 is 0 Å². The number of aromatic hydroxyl groups is 1. The third kappa shape index (κ3) is 5.76. The van der Waals surface area contributed by atoms with Crippen molar-refractivity contribution in [3.63, 3.8) is 0 Å². The third-order valence-corrected chi connectivity index (χ3v) is 6.61. The first-order valence-corrected chi connectivity index (χ1v) is 12.7. The SMILES string of the molecule is COc1ccc(-c2cc(-c3ccc(O)cc3)nc(Nc3ccc(N(C(C)=O)C4CCCCN4)cc3)n2)cc1. The summed E-state index contributed by atoms with van der Waals surface area (Å²) < 4.78 is 5.29. The summed E-state index contributed by atoms with van der Waals surface area (Å²) in [6, 6.07) is 24.3. The molecule has 8 heteroatoms. The zero-order valence-electron chi connectivity index (χ0n) is 21.5. The maximum absolute atomic E-state index is 12.5. The highest BCUT2D eigenvalue weighted by molar-refractivity contribution is 5.92. The molecule has 4 aromatic rings. The summed E-state index contributed by atoms with van der Waals surface area (Å²) >= 11 is 0. The second-order valence-electron chi connectivity index (χ2n) is 9.26. The number of ether oxygens (including phenoxy) is 1. The van der Waals surface area contributed by atoms with Crippen molar-refractivity contribution in [1.82, 2.24) is 15.3 Å². The van der Waals surface area contributed by atoms with Crippen LogP contribution in [0.2, 0.25) is 0 Å². The summed E-state index contributed by atoms with van der Waals surface area (Å²) in [7, 11) is 1.64. The number of nitrogens with zero attached hydrogens (tertiary/aromatic N) is 3. The second-order valence-corrected chi connectivity index (χ2v) is 9.26. The molecule has 0 spiro atoms. The normalized spacial score (nSPS) is 15.1. The Hall–Kier alpha value is -4.43. The fourth-order valence-corrected chi connectivity index (χ4v) is 4.66. The Morgan fingerprint density at radius 2 is 1.58 bits per heavy atom. The maximum atomic E-state index is 12.5. The highest BCUT2D eigenvalue weighted by atomic mass is 16.5. The molecule has 1 unspecified atom stereocenters. The van der Waals surface area contributed by atoms with Gasteiger partial charge in [0.25, 0.3) is 0 Å². The average molecular weight is 510 g/mol. The lowest BCUT2D eigenvalue weighted by Gasteiger charge is -2.34. The van der Waals surface area contributed by atoms with Crippen molar-refractivity contribution in [2.24, 2.45) is 0 Å². The quantitative estimate of drug-likeness (QED) is 0.293. The molecule has 1 saturated heterocycles. The zero-order valence-corrected chi connectivity index (χ0v) is 21.5. The maximum Gasteiger partial charge on any atom is 0.228 e. The largest absolute Gasteiger partial charge is 0.508 e. The number of nitrogens with one attached hydrogen (secondary N) is 2. The highest BCUT2D eigenvalue weighted by Gasteiger charge is 2.24. The molecule has 2 heterocycles. The van der Waals surface area contributed by atoms with Gasteiger partial charge in [-0.25, -0.2) is 9.97 Å². The van der Waals surface area contributed by atoms with E-state index < -0.39 is 0 Å². The fraction of sp³-hybridized carbons (Fsp3) is 0.233. The standard InChI is InChI=1S/C30H31N5O3/c1-20(36)35(29-5-3-4-18-31-29)24-12-10-23(11-13-24)32-30-33-27(21-6-14-25(37)15-7-21)19-28(34-30)22-8-16-26(38-2)17-9-22/h6-17,19,29,31,37H,3-5,18H2,1-2H3,(H,32,33,34). The topological polar surface area (TPSA) is 99.6 Å². The summed E-state index contributed by atoms with van der Waals surface area (Å²) in [6.07, 6.45) is 3.18. The fourth-order valence-electron chi connectivity index (χ4n) is 4.66. The van der Waals surface area contributed by atoms with E-state index in [1.54, 1.807) is 26.2 Å². The number of carbonyl (C=O) groups excluding carboxylic acids is 1. The molecule has 1 aliphatic rings. The van der Waals surface area contributed by atoms with E-state index in [4.69, 9.17) is 14.7 Å². The van der Waals surface area contributed by atoms with Crippen LogP contribution in [-0.4, -0.2) is 40.8 Å². The first kappa shape index (κ1) is 25.2. The van der Waals surface area contributed by atoms with E-state index in [9.17, 15) is 9.90 Å². The molecule has 3 N–H and O–H groups in total. The van der Waals surface area contributed by atoms with Crippen LogP contribution in [0.3, 0.4) is 0 Å². The molecule has 38 heavy (non-hydrogen) atoms. The molecule has 1 atom stereocenters. The van der Waals surface area contributed by atoms with Gasteiger partial charge in [0, 0.05) is 29.4 Å². The first-order valence-electron chi connectivity index (χ1n) is 12.7. The van der Waals surface area contributed by atoms with E-state index in [1.165, 1.54) is 0 Å². The van der Waals surface area contributed by atoms with Gasteiger partial charge in [-0.1, -0.05) is 0 Å². The van der Waals surface area contributed by atoms with Gasteiger partial charge in [-0.05, 0) is 105 Å². The number of amides is 1. The van der Waals surface area contributed by atoms with Gasteiger partial charge in [-0.15, -0.1) is 0 Å². The zero-order chi connectivity index (χ0) is 26.5. The summed E-state index contributed by atoms with van der Waals surface area (Å²) in [4.78, 5) is 23.8. The summed E-state index contributed by atoms with van der Waals surface area (Å²) in [5, 5.41) is 16.5. The number of piperidine rings is 1. The molecule has 0 aliphatic carbocycles. The molecule has 5 rings (SSSR count). The lowest BCUT2D eigenvalue weighted by molar-refractivity contribution is -0.117. The minimum absolute atomic E-state index is 0.0115. The van der Waals surface area contributed by atoms with E-state index >= 15 is 0 Å². The third-order valence-electron chi connectivity index (χ3n) is 6.61. The highest BCUT2D eigenvalue weighted by Crippen LogP contribution is 2.29. The molecule has 1 aliphatic heterocycles. The van der Waals surface area contributed by atoms with Crippen LogP contribution in [0.1, 0.15) is 26.2 Å². The molecule has 3 aromatic carbocycles. The van der Waals surface area contributed by atoms with Crippen molar-refractivity contribution in [3.05, 3.63) is 78.9 Å². The van der Waals surface area contributed by atoms with E-state index in [2.05, 4.69) is 10.6 Å². The summed E-state index contributed by atoms with van der Waals surface area (Å²) in [5.41, 5.74) is 4.89. The molecule has 0 radical (unpaired) electrons. The molecule has 0 bridgehead atoms. The number of rotatable bonds is 7. The van der Waals surface area contributed by atoms with Crippen LogP contribution in [0.15, 0.2) is 78.9 Å². The number of carbonyl (C=O) groups is 1. The van der Waals surface area contributed by atoms with Crippen LogP contribution in [-0.2, 0) is 4.79 Å². The van der Waals surface area contributed by atoms with E-state index in [0.29, 0.717) is 5.95 Å². The van der Waals surface area contributed by atoms with Gasteiger partial charge in [0.1, 0.15) is 11.5 Å². The van der Waals surface area contributed by atoms with Crippen molar-refractivity contribution in [1.29, 1.82) is 0 Å². The van der Waals surface area contributed by atoms with Gasteiger partial charge >= 0.3 is 0 Å². The van der Waals surface area contributed by atoms with Crippen molar-refractivity contribution in [3.8, 4) is 34.0 Å². The minimum Gasteiger partial charge on any atom is -0.508 e. The van der Waals surface area contributed by atoms with E-state index in [1.807, 2.05) is 71.6 Å². The number of aromatic nitrogens is 2. The van der Waals surface area contributed by atoms with Crippen LogP contribution in [0, 0.1) is 0 Å². The second kappa shape index (κ2) is 11.3. The number of hydrogen-bond acceptors (Lipinski definition) is 7. The van der Waals surface area contributed by atoms with E-state index in [0.717, 1.165) is 65.4 Å². The Morgan fingerprint density at radius 3 is 2.13 bits per heavy atom. The Kier molecular flexibility index (Phi) is 7.51. The van der Waals surface area contributed by atoms with Crippen LogP contribution in [0.5, 0.6) is 11.5 Å². The minimum atomic E-state index is 0.0115. The Morgan fingerprint density at radius 1 is 0.947 bits per heavy atom. The van der Waals surface area contributed by atoms with Crippen LogP contribution < -0.4 is 20.3 Å². The number of hydrogen-bond donors (Lipinski definition) is 3. The number of phenolic OH excluding ortho intramolecular Hbond substituents is 1. The van der Waals surface area contributed by atoms with Crippen LogP contribution in [0.4, 0.5) is 17.3 Å². The van der Waals surface area contributed by atoms with Crippen LogP contribution in [0.25, 0.3) is 22.5 Å². The number of methoxy groups -OCH3 is 1. The molecular formula is C30H31N5O3. The summed E-state index contributed by atoms with van der Waals surface area (Å²) in [5.74, 6) is 1.41. The lowest BCUT2D eigenvalue weighted by Crippen LogP contribution is -2.50. The van der Waals surface area contributed by atoms with Crippen molar-refractivity contribution < 1.29 is 14.6 Å². The first-order chi connectivity index (χ1) is 18.5. The smallest absolute Gasteiger partial charge is 0.228 e. The van der Waals surface area contributed by atoms with Gasteiger partial charge in [0.15, 0.2) is 0 Å². The average Bonchev–Trinajstić information content (AvgIpc) is 2.95. The predicted molar refractivity (Wildman–Crippen MR) is 150 cm³/mol. The Labute approximate surface area is 222 Å². The van der Waals surface area contributed by atoms with Crippen molar-refractivity contribution in [2.75, 3.05) is 23.9 Å². The Bertz CT molecular complexity index is 1380. The van der Waals surface area contributed by atoms with Crippen molar-refractivity contribution >= 4 is 23.2 Å². The number of benzene rings is 3. The number of anilines is 3. The summed E-state index contributed by atoms with van der Waals surface area (Å²) in [6.45, 7) is 2.52. The van der Waals surface area contributed by atoms with Gasteiger partial charge < -0.3 is 15.2 Å². The molecule has 194 valence electrons. The van der Waals surface area contributed by atoms with Gasteiger partial charge in [-0.3, -0.25) is 15.0 Å². The number of phenols is 1. The Balaban J connectivity index is 1.45. The van der Waals surface area contributed by atoms with Gasteiger partial charge in [-0.2, -0.15) is 0 Å².